The summed E-state index contributed by atoms with van der Waals surface area (Å²) in [5.74, 6) is 0. The first kappa shape index (κ1) is 14.8. The SMILES string of the molecule is OC(Br)CCCCBr.[Br][Hf]. The number of unbranched alkanes of at least 4 members (excludes halogenated alkanes) is 1. The topological polar surface area (TPSA) is 20.2 Å². The van der Waals surface area contributed by atoms with Crippen LogP contribution < -0.4 is 0 Å². The van der Waals surface area contributed by atoms with E-state index in [9.17, 15) is 0 Å². The molecule has 0 fully saturated rings. The van der Waals surface area contributed by atoms with E-state index >= 15 is 0 Å². The predicted octanol–water partition coefficient (Wildman–Crippen LogP) is 3.11. The van der Waals surface area contributed by atoms with Gasteiger partial charge in [0.25, 0.3) is 0 Å². The normalized spacial score (nSPS) is 11.5. The molecule has 1 unspecified atom stereocenters. The zero-order chi connectivity index (χ0) is 8.41. The minimum absolute atomic E-state index is 0.304. The fraction of sp³-hybridized carbons (Fsp3) is 1.00. The third-order valence-electron chi connectivity index (χ3n) is 0.826. The molecule has 0 spiro atoms. The predicted molar refractivity (Wildman–Crippen MR) is 51.5 cm³/mol. The zero-order valence-corrected chi connectivity index (χ0v) is 13.8. The van der Waals surface area contributed by atoms with E-state index in [0.29, 0.717) is 0 Å². The van der Waals surface area contributed by atoms with E-state index < -0.39 is 0 Å². The van der Waals surface area contributed by atoms with Gasteiger partial charge in [-0.15, -0.1) is 0 Å². The molecule has 0 radical (unpaired) electrons. The Balaban J connectivity index is 0. The second-order valence-electron chi connectivity index (χ2n) is 1.62. The van der Waals surface area contributed by atoms with Gasteiger partial charge in [0, 0.05) is 5.33 Å². The molecule has 10 heavy (non-hydrogen) atoms. The van der Waals surface area contributed by atoms with E-state index in [4.69, 9.17) is 5.11 Å². The molecule has 0 aliphatic heterocycles. The van der Waals surface area contributed by atoms with Gasteiger partial charge in [0.1, 0.15) is 5.01 Å². The quantitative estimate of drug-likeness (QED) is 0.355. The first-order valence-corrected chi connectivity index (χ1v) is 12.7. The van der Waals surface area contributed by atoms with Gasteiger partial charge in [-0.3, -0.25) is 0 Å². The summed E-state index contributed by atoms with van der Waals surface area (Å²) in [5, 5.41) is 9.41. The molecule has 0 rings (SSSR count). The van der Waals surface area contributed by atoms with E-state index in [1.807, 2.05) is 0 Å². The first-order chi connectivity index (χ1) is 4.77. The Morgan fingerprint density at radius 2 is 1.80 bits per heavy atom. The summed E-state index contributed by atoms with van der Waals surface area (Å²) >= 11 is 10.5. The van der Waals surface area contributed by atoms with Gasteiger partial charge in [0.2, 0.25) is 0 Å². The molecule has 0 saturated carbocycles. The first-order valence-electron chi connectivity index (χ1n) is 2.84. The summed E-state index contributed by atoms with van der Waals surface area (Å²) in [4.78, 5) is 0. The van der Waals surface area contributed by atoms with Crippen LogP contribution in [-0.2, 0) is 22.0 Å². The Hall–Kier alpha value is 2.27. The van der Waals surface area contributed by atoms with Gasteiger partial charge >= 0.3 is 34.3 Å². The third kappa shape index (κ3) is 16.7. The van der Waals surface area contributed by atoms with Gasteiger partial charge < -0.3 is 5.11 Å². The molecule has 0 aromatic heterocycles. The molecule has 5 heteroatoms. The summed E-state index contributed by atoms with van der Waals surface area (Å²) in [7, 11) is 0. The van der Waals surface area contributed by atoms with Crippen molar-refractivity contribution < 1.29 is 27.2 Å². The molecule has 1 N–H and O–H groups in total. The maximum atomic E-state index is 8.68. The number of alkyl halides is 2. The Bertz CT molecular complexity index is 54.2. The molecule has 0 aromatic rings. The molecule has 1 atom stereocenters. The van der Waals surface area contributed by atoms with Crippen molar-refractivity contribution in [2.45, 2.75) is 24.3 Å². The van der Waals surface area contributed by atoms with Crippen LogP contribution in [0.5, 0.6) is 0 Å². The van der Waals surface area contributed by atoms with Crippen LogP contribution in [0.3, 0.4) is 0 Å². The number of hydrogen-bond donors (Lipinski definition) is 1. The van der Waals surface area contributed by atoms with Gasteiger partial charge in [-0.1, -0.05) is 31.9 Å². The number of aliphatic hydroxyl groups excluding tert-OH is 1. The second kappa shape index (κ2) is 13.8. The van der Waals surface area contributed by atoms with Crippen LogP contribution in [-0.4, -0.2) is 15.4 Å². The number of halogens is 3. The van der Waals surface area contributed by atoms with E-state index in [0.717, 1.165) is 46.6 Å². The molecule has 1 nitrogen and oxygen atoms in total. The fourth-order valence-electron chi connectivity index (χ4n) is 0.407. The molecule has 61 valence electrons. The molecule has 0 aromatic carbocycles. The van der Waals surface area contributed by atoms with Gasteiger partial charge in [-0.25, -0.2) is 0 Å². The van der Waals surface area contributed by atoms with Crippen molar-refractivity contribution in [3.8, 4) is 0 Å². The van der Waals surface area contributed by atoms with Crippen LogP contribution >= 0.6 is 44.2 Å². The van der Waals surface area contributed by atoms with Crippen LogP contribution in [0.25, 0.3) is 0 Å². The Morgan fingerprint density at radius 3 is 2.10 bits per heavy atom. The molecule has 0 amide bonds. The number of rotatable bonds is 4. The molecular weight excluding hydrogens is 494 g/mol. The Labute approximate surface area is 99.7 Å². The van der Waals surface area contributed by atoms with Gasteiger partial charge in [0.15, 0.2) is 0 Å². The average Bonchev–Trinajstić information content (AvgIpc) is 1.92. The summed E-state index contributed by atoms with van der Waals surface area (Å²) in [5.41, 5.74) is 0. The molecule has 0 aliphatic carbocycles. The van der Waals surface area contributed by atoms with Gasteiger partial charge in [-0.05, 0) is 19.3 Å². The van der Waals surface area contributed by atoms with Crippen molar-refractivity contribution in [2.24, 2.45) is 0 Å². The van der Waals surface area contributed by atoms with Crippen LogP contribution in [0.2, 0.25) is 0 Å². The standard InChI is InChI=1S/C5H10Br2O.BrH.Hf/c6-4-2-1-3-5(7)8;;/h5,8H,1-4H2;1H;/q;;+1/p-1. The zero-order valence-electron chi connectivity index (χ0n) is 5.49. The molecule has 0 bridgehead atoms. The van der Waals surface area contributed by atoms with Crippen molar-refractivity contribution in [2.75, 3.05) is 5.33 Å². The van der Waals surface area contributed by atoms with Crippen molar-refractivity contribution >= 4 is 44.2 Å². The second-order valence-corrected chi connectivity index (χ2v) is 3.47. The van der Waals surface area contributed by atoms with E-state index in [2.05, 4.69) is 44.2 Å². The summed E-state index contributed by atoms with van der Waals surface area (Å²) in [6.07, 6.45) is 3.08. The van der Waals surface area contributed by atoms with Gasteiger partial charge in [0.05, 0.1) is 0 Å². The average molecular weight is 504 g/mol. The third-order valence-corrected chi connectivity index (χ3v) is 1.84. The van der Waals surface area contributed by atoms with Crippen molar-refractivity contribution in [1.29, 1.82) is 0 Å². The fourth-order valence-corrected chi connectivity index (χ4v) is 1.13. The minimum atomic E-state index is -0.304. The van der Waals surface area contributed by atoms with Crippen molar-refractivity contribution in [3.05, 3.63) is 0 Å². The van der Waals surface area contributed by atoms with Crippen molar-refractivity contribution in [1.82, 2.24) is 0 Å². The molecular formula is C5H10Br3HfO. The van der Waals surface area contributed by atoms with Crippen LogP contribution in [0.15, 0.2) is 0 Å². The van der Waals surface area contributed by atoms with E-state index in [1.54, 1.807) is 0 Å². The van der Waals surface area contributed by atoms with Crippen LogP contribution in [0.4, 0.5) is 0 Å². The number of hydrogen-bond acceptors (Lipinski definition) is 1. The molecule has 0 heterocycles. The molecule has 0 aliphatic rings. The number of aliphatic hydroxyl groups is 1. The molecule has 0 saturated heterocycles. The van der Waals surface area contributed by atoms with Crippen molar-refractivity contribution in [3.63, 3.8) is 0 Å². The van der Waals surface area contributed by atoms with Crippen LogP contribution in [0, 0.1) is 0 Å². The summed E-state index contributed by atoms with van der Waals surface area (Å²) < 4.78 is 0. The maximum absolute atomic E-state index is 8.68. The Morgan fingerprint density at radius 1 is 1.30 bits per heavy atom. The van der Waals surface area contributed by atoms with E-state index in [-0.39, 0.29) is 5.01 Å². The van der Waals surface area contributed by atoms with Gasteiger partial charge in [-0.2, -0.15) is 0 Å². The van der Waals surface area contributed by atoms with Crippen LogP contribution in [0.1, 0.15) is 19.3 Å². The Kier molecular flexibility index (Phi) is 20.4. The summed E-state index contributed by atoms with van der Waals surface area (Å²) in [6, 6.07) is 0. The monoisotopic (exact) mass is 503 g/mol. The van der Waals surface area contributed by atoms with E-state index in [1.165, 1.54) is 0 Å². The summed E-state index contributed by atoms with van der Waals surface area (Å²) in [6.45, 7) is 0.